The Kier molecular flexibility index (Phi) is 6.60. The summed E-state index contributed by atoms with van der Waals surface area (Å²) in [5.74, 6) is -2.58. The van der Waals surface area contributed by atoms with Gasteiger partial charge < -0.3 is 9.84 Å². The normalized spacial score (nSPS) is 26.0. The molecule has 1 heterocycles. The molecule has 1 saturated heterocycles. The summed E-state index contributed by atoms with van der Waals surface area (Å²) in [6.07, 6.45) is 7.71. The van der Waals surface area contributed by atoms with Gasteiger partial charge in [0.15, 0.2) is 23.1 Å². The van der Waals surface area contributed by atoms with Crippen LogP contribution in [0.5, 0.6) is 11.5 Å². The summed E-state index contributed by atoms with van der Waals surface area (Å²) in [6, 6.07) is 12.2. The number of phenols is 1. The van der Waals surface area contributed by atoms with Gasteiger partial charge in [0.25, 0.3) is 0 Å². The zero-order valence-corrected chi connectivity index (χ0v) is 24.0. The Bertz CT molecular complexity index is 1610. The van der Waals surface area contributed by atoms with Crippen molar-refractivity contribution in [3.05, 3.63) is 92.1 Å². The molecule has 4 aliphatic rings. The maximum absolute atomic E-state index is 13.9. The summed E-state index contributed by atoms with van der Waals surface area (Å²) in [7, 11) is 1.47. The number of halogens is 1. The minimum atomic E-state index is -0.611. The molecular weight excluding hydrogens is 621 g/mol. The Hall–Kier alpha value is -3.79. The third-order valence-corrected chi connectivity index (χ3v) is 9.10. The van der Waals surface area contributed by atoms with Crippen molar-refractivity contribution in [2.24, 2.45) is 23.7 Å². The highest BCUT2D eigenvalue weighted by molar-refractivity contribution is 14.1. The fourth-order valence-corrected chi connectivity index (χ4v) is 6.85. The van der Waals surface area contributed by atoms with Crippen molar-refractivity contribution in [3.8, 4) is 11.5 Å². The van der Waals surface area contributed by atoms with E-state index in [0.29, 0.717) is 34.6 Å². The second kappa shape index (κ2) is 9.99. The Morgan fingerprint density at radius 2 is 1.77 bits per heavy atom. The van der Waals surface area contributed by atoms with Gasteiger partial charge in [-0.05, 0) is 96.3 Å². The Balaban J connectivity index is 1.42. The first-order chi connectivity index (χ1) is 19.2. The highest BCUT2D eigenvalue weighted by Crippen LogP contribution is 2.53. The van der Waals surface area contributed by atoms with Crippen LogP contribution in [0.25, 0.3) is 6.08 Å². The predicted octanol–water partition coefficient (Wildman–Crippen LogP) is 5.19. The van der Waals surface area contributed by atoms with Crippen LogP contribution in [0.15, 0.2) is 83.0 Å². The summed E-state index contributed by atoms with van der Waals surface area (Å²) >= 11 is 2.18. The van der Waals surface area contributed by atoms with Crippen molar-refractivity contribution >= 4 is 57.7 Å². The molecule has 1 fully saturated rings. The largest absolute Gasteiger partial charge is 0.504 e. The number of hydrogen-bond donors (Lipinski definition) is 1. The van der Waals surface area contributed by atoms with E-state index in [-0.39, 0.29) is 41.5 Å². The highest BCUT2D eigenvalue weighted by Gasteiger charge is 2.56. The number of anilines is 1. The molecule has 0 spiro atoms. The Morgan fingerprint density at radius 3 is 2.50 bits per heavy atom. The van der Waals surface area contributed by atoms with Crippen molar-refractivity contribution in [1.29, 1.82) is 0 Å². The molecule has 2 aromatic rings. The van der Waals surface area contributed by atoms with E-state index in [1.165, 1.54) is 24.2 Å². The predicted molar refractivity (Wildman–Crippen MR) is 157 cm³/mol. The van der Waals surface area contributed by atoms with E-state index >= 15 is 0 Å². The van der Waals surface area contributed by atoms with E-state index in [0.717, 1.165) is 14.7 Å². The number of hydrogen-bond acceptors (Lipinski definition) is 6. The van der Waals surface area contributed by atoms with Gasteiger partial charge in [-0.1, -0.05) is 29.9 Å². The molecule has 4 atom stereocenters. The number of carbonyl (C=O) groups is 4. The zero-order valence-electron chi connectivity index (χ0n) is 21.9. The number of fused-ring (bicyclic) bond motifs is 3. The van der Waals surface area contributed by atoms with Crippen LogP contribution in [-0.2, 0) is 19.2 Å². The second-order valence-corrected chi connectivity index (χ2v) is 11.8. The molecule has 0 saturated carbocycles. The van der Waals surface area contributed by atoms with Crippen molar-refractivity contribution in [2.75, 3.05) is 12.0 Å². The summed E-state index contributed by atoms with van der Waals surface area (Å²) in [5, 5.41) is 9.99. The average Bonchev–Trinajstić information content (AvgIpc) is 3.20. The first-order valence-corrected chi connectivity index (χ1v) is 14.2. The molecule has 8 heteroatoms. The monoisotopic (exact) mass is 647 g/mol. The molecule has 3 aliphatic carbocycles. The third kappa shape index (κ3) is 4.16. The lowest BCUT2D eigenvalue weighted by atomic mass is 9.60. The zero-order chi connectivity index (χ0) is 28.3. The Morgan fingerprint density at radius 1 is 1.02 bits per heavy atom. The van der Waals surface area contributed by atoms with Gasteiger partial charge in [0, 0.05) is 26.2 Å². The molecule has 2 amide bonds. The summed E-state index contributed by atoms with van der Waals surface area (Å²) in [6.45, 7) is 1.64. The van der Waals surface area contributed by atoms with Crippen molar-refractivity contribution < 1.29 is 29.0 Å². The Labute approximate surface area is 245 Å². The van der Waals surface area contributed by atoms with Gasteiger partial charge >= 0.3 is 0 Å². The topological polar surface area (TPSA) is 101 Å². The lowest BCUT2D eigenvalue weighted by molar-refractivity contribution is -0.123. The van der Waals surface area contributed by atoms with Gasteiger partial charge in [0.1, 0.15) is 0 Å². The van der Waals surface area contributed by atoms with Crippen molar-refractivity contribution in [1.82, 2.24) is 0 Å². The van der Waals surface area contributed by atoms with Crippen LogP contribution in [0.3, 0.4) is 0 Å². The van der Waals surface area contributed by atoms with E-state index < -0.39 is 17.8 Å². The van der Waals surface area contributed by atoms with Gasteiger partial charge in [0.2, 0.25) is 11.8 Å². The van der Waals surface area contributed by atoms with E-state index in [2.05, 4.69) is 22.6 Å². The molecule has 6 rings (SSSR count). The van der Waals surface area contributed by atoms with Gasteiger partial charge in [0.05, 0.1) is 24.6 Å². The first-order valence-electron chi connectivity index (χ1n) is 13.1. The molecule has 2 aromatic carbocycles. The fraction of sp³-hybridized carbons (Fsp3) is 0.250. The second-order valence-electron chi connectivity index (χ2n) is 10.6. The highest BCUT2D eigenvalue weighted by atomic mass is 127. The number of amides is 2. The number of phenolic OH excluding ortho intramolecular Hbond substituents is 1. The lowest BCUT2D eigenvalue weighted by Crippen LogP contribution is -2.40. The van der Waals surface area contributed by atoms with Crippen LogP contribution in [0.1, 0.15) is 25.3 Å². The SMILES string of the molecule is COc1cc(C=CC2C3=CCC4C(=O)N(c5ccc(I)cc5)C(=O)C4C3CC3=C2C(=O)C(C)=CC3=O)ccc1O. The van der Waals surface area contributed by atoms with E-state index in [9.17, 15) is 24.3 Å². The van der Waals surface area contributed by atoms with Crippen LogP contribution in [0, 0.1) is 27.2 Å². The number of nitrogens with zero attached hydrogens (tertiary/aromatic N) is 1. The van der Waals surface area contributed by atoms with E-state index in [4.69, 9.17) is 4.74 Å². The lowest BCUT2D eigenvalue weighted by Gasteiger charge is -2.41. The molecular formula is C32H26INO6. The van der Waals surface area contributed by atoms with Gasteiger partial charge in [-0.3, -0.25) is 24.1 Å². The molecule has 1 N–H and O–H groups in total. The van der Waals surface area contributed by atoms with E-state index in [1.54, 1.807) is 31.2 Å². The molecule has 0 aromatic heterocycles. The summed E-state index contributed by atoms with van der Waals surface area (Å²) in [4.78, 5) is 55.3. The van der Waals surface area contributed by atoms with Crippen LogP contribution < -0.4 is 9.64 Å². The van der Waals surface area contributed by atoms with Crippen LogP contribution >= 0.6 is 22.6 Å². The number of allylic oxidation sites excluding steroid dienone is 7. The number of rotatable bonds is 4. The number of aromatic hydroxyl groups is 1. The molecule has 4 unspecified atom stereocenters. The molecule has 0 bridgehead atoms. The quantitative estimate of drug-likeness (QED) is 0.213. The molecule has 0 radical (unpaired) electrons. The van der Waals surface area contributed by atoms with Gasteiger partial charge in [-0.25, -0.2) is 0 Å². The molecule has 7 nitrogen and oxygen atoms in total. The first kappa shape index (κ1) is 26.4. The maximum Gasteiger partial charge on any atom is 0.238 e. The molecule has 40 heavy (non-hydrogen) atoms. The van der Waals surface area contributed by atoms with E-state index in [1.807, 2.05) is 30.4 Å². The number of benzene rings is 2. The molecule has 202 valence electrons. The van der Waals surface area contributed by atoms with Crippen molar-refractivity contribution in [2.45, 2.75) is 19.8 Å². The number of imide groups is 1. The van der Waals surface area contributed by atoms with Gasteiger partial charge in [-0.15, -0.1) is 0 Å². The number of ketones is 2. The third-order valence-electron chi connectivity index (χ3n) is 8.38. The molecule has 1 aliphatic heterocycles. The average molecular weight is 647 g/mol. The number of methoxy groups -OCH3 is 1. The number of carbonyl (C=O) groups excluding carboxylic acids is 4. The van der Waals surface area contributed by atoms with Crippen molar-refractivity contribution in [3.63, 3.8) is 0 Å². The summed E-state index contributed by atoms with van der Waals surface area (Å²) < 4.78 is 6.23. The summed E-state index contributed by atoms with van der Waals surface area (Å²) in [5.41, 5.74) is 3.43. The minimum Gasteiger partial charge on any atom is -0.504 e. The standard InChI is InChI=1S/C32H26INO6/c1-16-13-26(36)24-15-23-20(21(28(24)30(16)37)9-3-17-4-12-25(35)27(14-17)40-2)10-11-22-29(23)32(39)34(31(22)38)19-7-5-18(33)6-8-19/h3-10,12-14,21-23,29,35H,11,15H2,1-2H3. The van der Waals surface area contributed by atoms with Crippen LogP contribution in [0.2, 0.25) is 0 Å². The number of ether oxygens (including phenoxy) is 1. The van der Waals surface area contributed by atoms with Gasteiger partial charge in [-0.2, -0.15) is 0 Å². The van der Waals surface area contributed by atoms with Crippen LogP contribution in [-0.4, -0.2) is 35.6 Å². The maximum atomic E-state index is 13.9. The van der Waals surface area contributed by atoms with Crippen LogP contribution in [0.4, 0.5) is 5.69 Å². The smallest absolute Gasteiger partial charge is 0.238 e. The fourth-order valence-electron chi connectivity index (χ4n) is 6.49. The number of Topliss-reactive ketones (excluding diaryl/α,β-unsaturated/α-hetero) is 1. The minimum absolute atomic E-state index is 0.0133.